The summed E-state index contributed by atoms with van der Waals surface area (Å²) >= 11 is 4.26. The molecular formula is C26H27BrN2O5S. The van der Waals surface area contributed by atoms with Crippen molar-refractivity contribution in [1.82, 2.24) is 9.80 Å². The summed E-state index contributed by atoms with van der Waals surface area (Å²) < 4.78 is 12.4. The minimum Gasteiger partial charge on any atom is -0.493 e. The molecule has 2 saturated heterocycles. The van der Waals surface area contributed by atoms with Crippen molar-refractivity contribution in [1.29, 1.82) is 0 Å². The summed E-state index contributed by atoms with van der Waals surface area (Å²) in [6.45, 7) is 3.66. The highest BCUT2D eigenvalue weighted by atomic mass is 79.9. The molecule has 0 radical (unpaired) electrons. The number of likely N-dealkylation sites (tertiary alicyclic amines) is 1. The molecule has 2 aromatic rings. The number of ether oxygens (including phenoxy) is 2. The van der Waals surface area contributed by atoms with Gasteiger partial charge in [-0.3, -0.25) is 19.3 Å². The molecule has 0 bridgehead atoms. The van der Waals surface area contributed by atoms with E-state index < -0.39 is 11.1 Å². The Morgan fingerprint density at radius 2 is 1.83 bits per heavy atom. The zero-order valence-corrected chi connectivity index (χ0v) is 22.1. The van der Waals surface area contributed by atoms with E-state index >= 15 is 0 Å². The number of methoxy groups -OCH3 is 1. The number of thioether (sulfide) groups is 1. The molecule has 0 N–H and O–H groups in total. The van der Waals surface area contributed by atoms with Crippen LogP contribution in [0.3, 0.4) is 0 Å². The molecule has 0 spiro atoms. The van der Waals surface area contributed by atoms with Crippen LogP contribution >= 0.6 is 27.7 Å². The Morgan fingerprint density at radius 3 is 2.51 bits per heavy atom. The van der Waals surface area contributed by atoms with E-state index in [0.717, 1.165) is 39.5 Å². The van der Waals surface area contributed by atoms with Gasteiger partial charge in [-0.25, -0.2) is 0 Å². The van der Waals surface area contributed by atoms with Gasteiger partial charge in [-0.15, -0.1) is 0 Å². The quantitative estimate of drug-likeness (QED) is 0.427. The zero-order valence-electron chi connectivity index (χ0n) is 19.7. The second-order valence-corrected chi connectivity index (χ2v) is 10.6. The van der Waals surface area contributed by atoms with Crippen molar-refractivity contribution < 1.29 is 23.9 Å². The average molecular weight is 559 g/mol. The molecule has 2 fully saturated rings. The summed E-state index contributed by atoms with van der Waals surface area (Å²) in [7, 11) is 1.55. The lowest BCUT2D eigenvalue weighted by Crippen LogP contribution is -2.45. The van der Waals surface area contributed by atoms with E-state index in [1.807, 2.05) is 24.3 Å². The van der Waals surface area contributed by atoms with Crippen molar-refractivity contribution >= 4 is 50.8 Å². The van der Waals surface area contributed by atoms with Gasteiger partial charge in [0.2, 0.25) is 5.91 Å². The maximum Gasteiger partial charge on any atom is 0.294 e. The Bertz CT molecular complexity index is 1140. The number of imide groups is 1. The fraction of sp³-hybridized carbons (Fsp3) is 0.346. The maximum atomic E-state index is 12.9. The first kappa shape index (κ1) is 25.3. The molecule has 0 atom stereocenters. The largest absolute Gasteiger partial charge is 0.493 e. The second kappa shape index (κ2) is 11.3. The fourth-order valence-electron chi connectivity index (χ4n) is 3.92. The van der Waals surface area contributed by atoms with Gasteiger partial charge in [0, 0.05) is 17.6 Å². The van der Waals surface area contributed by atoms with Gasteiger partial charge in [0.05, 0.1) is 12.0 Å². The highest BCUT2D eigenvalue weighted by molar-refractivity contribution is 9.10. The third kappa shape index (κ3) is 6.27. The van der Waals surface area contributed by atoms with E-state index in [0.29, 0.717) is 42.7 Å². The molecule has 9 heteroatoms. The van der Waals surface area contributed by atoms with Gasteiger partial charge in [-0.1, -0.05) is 41.1 Å². The molecule has 3 amide bonds. The average Bonchev–Trinajstić information content (AvgIpc) is 3.11. The number of hydrogen-bond acceptors (Lipinski definition) is 6. The van der Waals surface area contributed by atoms with Crippen LogP contribution in [0.1, 0.15) is 30.9 Å². The van der Waals surface area contributed by atoms with Crippen LogP contribution in [0.15, 0.2) is 51.8 Å². The third-order valence-corrected chi connectivity index (χ3v) is 7.53. The van der Waals surface area contributed by atoms with Crippen LogP contribution in [0.25, 0.3) is 6.08 Å². The van der Waals surface area contributed by atoms with Crippen molar-refractivity contribution in [2.24, 2.45) is 5.92 Å². The molecule has 0 unspecified atom stereocenters. The van der Waals surface area contributed by atoms with Crippen LogP contribution in [-0.2, 0) is 16.2 Å². The number of halogens is 1. The molecule has 35 heavy (non-hydrogen) atoms. The number of carbonyl (C=O) groups excluding carboxylic acids is 3. The SMILES string of the molecule is COc1cc(/C=C2\SC(=O)N(CC(=O)N3CCC(C)CC3)C2=O)ccc1OCc1ccc(Br)cc1. The Balaban J connectivity index is 1.42. The standard InChI is InChI=1S/C26H27BrN2O5S/c1-17-9-11-28(12-10-17)24(30)15-29-25(31)23(35-26(29)32)14-19-5-8-21(22(13-19)33-2)34-16-18-3-6-20(27)7-4-18/h3-8,13-14,17H,9-12,15-16H2,1-2H3/b23-14-. The number of carbonyl (C=O) groups is 3. The lowest BCUT2D eigenvalue weighted by molar-refractivity contribution is -0.136. The minimum atomic E-state index is -0.451. The Kier molecular flexibility index (Phi) is 8.18. The minimum absolute atomic E-state index is 0.186. The number of benzene rings is 2. The highest BCUT2D eigenvalue weighted by Gasteiger charge is 2.37. The van der Waals surface area contributed by atoms with E-state index in [2.05, 4.69) is 22.9 Å². The maximum absolute atomic E-state index is 12.9. The lowest BCUT2D eigenvalue weighted by atomic mass is 9.99. The fourth-order valence-corrected chi connectivity index (χ4v) is 5.02. The summed E-state index contributed by atoms with van der Waals surface area (Å²) in [5.41, 5.74) is 1.71. The summed E-state index contributed by atoms with van der Waals surface area (Å²) in [6, 6.07) is 13.2. The predicted molar refractivity (Wildman–Crippen MR) is 139 cm³/mol. The summed E-state index contributed by atoms with van der Waals surface area (Å²) in [4.78, 5) is 41.1. The van der Waals surface area contributed by atoms with Crippen molar-refractivity contribution in [2.75, 3.05) is 26.7 Å². The van der Waals surface area contributed by atoms with Crippen LogP contribution in [0.2, 0.25) is 0 Å². The van der Waals surface area contributed by atoms with E-state index in [4.69, 9.17) is 9.47 Å². The summed E-state index contributed by atoms with van der Waals surface area (Å²) in [5, 5.41) is -0.429. The number of amides is 3. The normalized spacial score (nSPS) is 17.9. The molecule has 2 aliphatic rings. The molecule has 0 saturated carbocycles. The van der Waals surface area contributed by atoms with Crippen LogP contribution in [0.4, 0.5) is 4.79 Å². The number of nitrogens with zero attached hydrogens (tertiary/aromatic N) is 2. The molecule has 7 nitrogen and oxygen atoms in total. The number of hydrogen-bond donors (Lipinski definition) is 0. The van der Waals surface area contributed by atoms with E-state index in [9.17, 15) is 14.4 Å². The van der Waals surface area contributed by atoms with Crippen LogP contribution in [0.5, 0.6) is 11.5 Å². The Hall–Kier alpha value is -2.78. The van der Waals surface area contributed by atoms with Crippen LogP contribution < -0.4 is 9.47 Å². The number of rotatable bonds is 7. The van der Waals surface area contributed by atoms with Crippen molar-refractivity contribution in [2.45, 2.75) is 26.4 Å². The van der Waals surface area contributed by atoms with Crippen LogP contribution in [-0.4, -0.2) is 53.6 Å². The Morgan fingerprint density at radius 1 is 1.11 bits per heavy atom. The Labute approximate surface area is 217 Å². The van der Waals surface area contributed by atoms with Gasteiger partial charge in [0.15, 0.2) is 11.5 Å². The lowest BCUT2D eigenvalue weighted by Gasteiger charge is -2.31. The van der Waals surface area contributed by atoms with Crippen molar-refractivity contribution in [3.05, 3.63) is 63.0 Å². The monoisotopic (exact) mass is 558 g/mol. The smallest absolute Gasteiger partial charge is 0.294 e. The zero-order chi connectivity index (χ0) is 24.9. The molecule has 0 aromatic heterocycles. The molecule has 4 rings (SSSR count). The van der Waals surface area contributed by atoms with E-state index in [1.165, 1.54) is 0 Å². The van der Waals surface area contributed by atoms with Gasteiger partial charge < -0.3 is 14.4 Å². The predicted octanol–water partition coefficient (Wildman–Crippen LogP) is 5.33. The second-order valence-electron chi connectivity index (χ2n) is 8.66. The van der Waals surface area contributed by atoms with Crippen molar-refractivity contribution in [3.8, 4) is 11.5 Å². The summed E-state index contributed by atoms with van der Waals surface area (Å²) in [6.07, 6.45) is 3.52. The van der Waals surface area contributed by atoms with E-state index in [1.54, 1.807) is 36.3 Å². The summed E-state index contributed by atoms with van der Waals surface area (Å²) in [5.74, 6) is 1.04. The van der Waals surface area contributed by atoms with Gasteiger partial charge in [-0.05, 0) is 72.0 Å². The number of piperidine rings is 1. The molecular weight excluding hydrogens is 532 g/mol. The molecule has 2 aromatic carbocycles. The third-order valence-electron chi connectivity index (χ3n) is 6.10. The van der Waals surface area contributed by atoms with Crippen molar-refractivity contribution in [3.63, 3.8) is 0 Å². The highest BCUT2D eigenvalue weighted by Crippen LogP contribution is 2.35. The molecule has 0 aliphatic carbocycles. The van der Waals surface area contributed by atoms with Gasteiger partial charge >= 0.3 is 0 Å². The molecule has 2 aliphatic heterocycles. The van der Waals surface area contributed by atoms with Gasteiger partial charge in [-0.2, -0.15) is 0 Å². The van der Waals surface area contributed by atoms with Gasteiger partial charge in [0.1, 0.15) is 13.2 Å². The first-order chi connectivity index (χ1) is 16.8. The molecule has 184 valence electrons. The van der Waals surface area contributed by atoms with E-state index in [-0.39, 0.29) is 17.4 Å². The first-order valence-corrected chi connectivity index (χ1v) is 13.0. The molecule has 2 heterocycles. The first-order valence-electron chi connectivity index (χ1n) is 11.4. The topological polar surface area (TPSA) is 76.2 Å². The van der Waals surface area contributed by atoms with Crippen LogP contribution in [0, 0.1) is 5.92 Å². The van der Waals surface area contributed by atoms with Gasteiger partial charge in [0.25, 0.3) is 11.1 Å².